The summed E-state index contributed by atoms with van der Waals surface area (Å²) in [5.74, 6) is 0.885. The highest BCUT2D eigenvalue weighted by molar-refractivity contribution is 7.92. The van der Waals surface area contributed by atoms with Gasteiger partial charge in [-0.1, -0.05) is 48.5 Å². The molecule has 0 radical (unpaired) electrons. The molecule has 33 heavy (non-hydrogen) atoms. The molecule has 0 amide bonds. The number of nitrogens with zero attached hydrogens (tertiary/aromatic N) is 4. The Kier molecular flexibility index (Phi) is 5.13. The molecule has 5 rings (SSSR count). The Balaban J connectivity index is 1.57. The first-order chi connectivity index (χ1) is 15.9. The lowest BCUT2D eigenvalue weighted by atomic mass is 9.92. The van der Waals surface area contributed by atoms with E-state index < -0.39 is 10.0 Å². The number of ether oxygens (including phenoxy) is 1. The molecule has 2 aromatic carbocycles. The highest BCUT2D eigenvalue weighted by Gasteiger charge is 2.47. The van der Waals surface area contributed by atoms with Crippen molar-refractivity contribution in [2.45, 2.75) is 30.1 Å². The van der Waals surface area contributed by atoms with Gasteiger partial charge in [0.25, 0.3) is 10.0 Å². The number of benzene rings is 2. The Labute approximate surface area is 192 Å². The van der Waals surface area contributed by atoms with Crippen LogP contribution in [-0.4, -0.2) is 28.2 Å². The van der Waals surface area contributed by atoms with E-state index in [-0.39, 0.29) is 22.1 Å². The van der Waals surface area contributed by atoms with Crippen LogP contribution in [0.1, 0.15) is 29.7 Å². The van der Waals surface area contributed by atoms with E-state index in [9.17, 15) is 8.42 Å². The molecule has 1 N–H and O–H groups in total. The lowest BCUT2D eigenvalue weighted by Gasteiger charge is -2.18. The summed E-state index contributed by atoms with van der Waals surface area (Å²) in [4.78, 5) is 9.02. The van der Waals surface area contributed by atoms with Crippen molar-refractivity contribution in [1.29, 1.82) is 0 Å². The number of hydrogen-bond donors (Lipinski definition) is 1. The van der Waals surface area contributed by atoms with Crippen molar-refractivity contribution in [2.24, 2.45) is 7.05 Å². The second-order valence-corrected chi connectivity index (χ2v) is 9.87. The molecule has 1 saturated carbocycles. The van der Waals surface area contributed by atoms with Crippen molar-refractivity contribution in [3.05, 3.63) is 89.9 Å². The first-order valence-corrected chi connectivity index (χ1v) is 12.0. The maximum atomic E-state index is 12.9. The van der Waals surface area contributed by atoms with Crippen LogP contribution in [0.5, 0.6) is 11.6 Å². The van der Waals surface area contributed by atoms with Crippen molar-refractivity contribution in [3.63, 3.8) is 0 Å². The van der Waals surface area contributed by atoms with Crippen molar-refractivity contribution < 1.29 is 13.2 Å². The van der Waals surface area contributed by atoms with Gasteiger partial charge in [-0.2, -0.15) is 10.1 Å². The first-order valence-electron chi connectivity index (χ1n) is 10.6. The van der Waals surface area contributed by atoms with Crippen LogP contribution >= 0.6 is 0 Å². The van der Waals surface area contributed by atoms with Gasteiger partial charge in [-0.15, -0.1) is 0 Å². The number of rotatable bonds is 7. The predicted molar refractivity (Wildman–Crippen MR) is 124 cm³/mol. The third kappa shape index (κ3) is 4.19. The standard InChI is InChI=1S/C24H23N5O3S/c1-17-8-6-7-11-20(17)32-22-14-21(24(12-13-24)18-9-4-3-5-10-18)26-23(27-22)28-33(30,31)19-15-25-29(2)16-19/h3-11,14-16H,12-13H2,1-2H3,(H,26,27,28). The number of anilines is 1. The normalized spacial score (nSPS) is 14.6. The Morgan fingerprint density at radius 2 is 1.76 bits per heavy atom. The van der Waals surface area contributed by atoms with Crippen LogP contribution in [0, 0.1) is 6.92 Å². The summed E-state index contributed by atoms with van der Waals surface area (Å²) in [6.45, 7) is 1.94. The molecule has 4 aromatic rings. The van der Waals surface area contributed by atoms with E-state index in [1.807, 2.05) is 49.4 Å². The second-order valence-electron chi connectivity index (χ2n) is 8.19. The lowest BCUT2D eigenvalue weighted by Crippen LogP contribution is -2.18. The van der Waals surface area contributed by atoms with E-state index in [1.54, 1.807) is 13.1 Å². The van der Waals surface area contributed by atoms with Gasteiger partial charge in [-0.3, -0.25) is 4.68 Å². The number of para-hydroxylation sites is 1. The third-order valence-electron chi connectivity index (χ3n) is 5.79. The molecule has 0 spiro atoms. The minimum absolute atomic E-state index is 0.0320. The Bertz CT molecular complexity index is 1410. The summed E-state index contributed by atoms with van der Waals surface area (Å²) >= 11 is 0. The van der Waals surface area contributed by atoms with Gasteiger partial charge in [-0.25, -0.2) is 18.1 Å². The predicted octanol–water partition coefficient (Wildman–Crippen LogP) is 4.19. The van der Waals surface area contributed by atoms with E-state index in [4.69, 9.17) is 4.74 Å². The van der Waals surface area contributed by atoms with Crippen LogP contribution < -0.4 is 9.46 Å². The first kappa shape index (κ1) is 21.1. The van der Waals surface area contributed by atoms with Crippen LogP contribution in [0.3, 0.4) is 0 Å². The van der Waals surface area contributed by atoms with E-state index in [0.29, 0.717) is 5.75 Å². The zero-order valence-corrected chi connectivity index (χ0v) is 19.1. The van der Waals surface area contributed by atoms with Crippen molar-refractivity contribution >= 4 is 16.0 Å². The number of aryl methyl sites for hydroxylation is 2. The van der Waals surface area contributed by atoms with Crippen LogP contribution in [0.4, 0.5) is 5.95 Å². The smallest absolute Gasteiger partial charge is 0.267 e. The van der Waals surface area contributed by atoms with E-state index in [0.717, 1.165) is 29.7 Å². The molecule has 0 atom stereocenters. The van der Waals surface area contributed by atoms with Crippen LogP contribution in [0.25, 0.3) is 0 Å². The topological polar surface area (TPSA) is 99.0 Å². The molecule has 168 valence electrons. The highest BCUT2D eigenvalue weighted by atomic mass is 32.2. The van der Waals surface area contributed by atoms with Gasteiger partial charge in [0, 0.05) is 24.7 Å². The summed E-state index contributed by atoms with van der Waals surface area (Å²) in [6.07, 6.45) is 4.52. The molecule has 2 aromatic heterocycles. The molecule has 0 unspecified atom stereocenters. The minimum Gasteiger partial charge on any atom is -0.439 e. The van der Waals surface area contributed by atoms with Crippen LogP contribution in [0.15, 0.2) is 78.0 Å². The SMILES string of the molecule is Cc1ccccc1Oc1cc(C2(c3ccccc3)CC2)nc(NS(=O)(=O)c2cnn(C)c2)n1. The second kappa shape index (κ2) is 8.00. The zero-order chi connectivity index (χ0) is 23.1. The summed E-state index contributed by atoms with van der Waals surface area (Å²) in [7, 11) is -2.26. The molecule has 0 aliphatic heterocycles. The Hall–Kier alpha value is -3.72. The minimum atomic E-state index is -3.91. The van der Waals surface area contributed by atoms with E-state index in [2.05, 4.69) is 31.9 Å². The third-order valence-corrected chi connectivity index (χ3v) is 7.08. The summed E-state index contributed by atoms with van der Waals surface area (Å²) in [6, 6.07) is 19.5. The molecule has 1 fully saturated rings. The molecular weight excluding hydrogens is 438 g/mol. The lowest BCUT2D eigenvalue weighted by molar-refractivity contribution is 0.457. The summed E-state index contributed by atoms with van der Waals surface area (Å²) < 4.78 is 35.8. The zero-order valence-electron chi connectivity index (χ0n) is 18.3. The fraction of sp³-hybridized carbons (Fsp3) is 0.208. The Morgan fingerprint density at radius 3 is 2.42 bits per heavy atom. The Morgan fingerprint density at radius 1 is 1.03 bits per heavy atom. The number of nitrogens with one attached hydrogen (secondary N) is 1. The monoisotopic (exact) mass is 461 g/mol. The molecule has 0 bridgehead atoms. The average Bonchev–Trinajstić information content (AvgIpc) is 3.49. The fourth-order valence-corrected chi connectivity index (χ4v) is 4.77. The molecular formula is C24H23N5O3S. The van der Waals surface area contributed by atoms with Gasteiger partial charge in [0.2, 0.25) is 11.8 Å². The van der Waals surface area contributed by atoms with Gasteiger partial charge < -0.3 is 4.74 Å². The highest BCUT2D eigenvalue weighted by Crippen LogP contribution is 2.53. The van der Waals surface area contributed by atoms with Gasteiger partial charge in [0.05, 0.1) is 11.9 Å². The molecule has 1 aliphatic carbocycles. The van der Waals surface area contributed by atoms with Crippen molar-refractivity contribution in [2.75, 3.05) is 4.72 Å². The number of hydrogen-bond acceptors (Lipinski definition) is 6. The van der Waals surface area contributed by atoms with Crippen molar-refractivity contribution in [1.82, 2.24) is 19.7 Å². The van der Waals surface area contributed by atoms with E-state index >= 15 is 0 Å². The molecule has 2 heterocycles. The molecule has 0 saturated heterocycles. The van der Waals surface area contributed by atoms with Crippen molar-refractivity contribution in [3.8, 4) is 11.6 Å². The maximum Gasteiger partial charge on any atom is 0.267 e. The molecule has 1 aliphatic rings. The van der Waals surface area contributed by atoms with Crippen LogP contribution in [-0.2, 0) is 22.5 Å². The van der Waals surface area contributed by atoms with Gasteiger partial charge in [0.1, 0.15) is 10.6 Å². The maximum absolute atomic E-state index is 12.9. The average molecular weight is 462 g/mol. The summed E-state index contributed by atoms with van der Waals surface area (Å²) in [5.41, 5.74) is 2.50. The molecule has 8 nitrogen and oxygen atoms in total. The van der Waals surface area contributed by atoms with Gasteiger partial charge >= 0.3 is 0 Å². The van der Waals surface area contributed by atoms with E-state index in [1.165, 1.54) is 17.1 Å². The number of sulfonamides is 1. The number of aromatic nitrogens is 4. The van der Waals surface area contributed by atoms with Crippen LogP contribution in [0.2, 0.25) is 0 Å². The quantitative estimate of drug-likeness (QED) is 0.443. The summed E-state index contributed by atoms with van der Waals surface area (Å²) in [5, 5.41) is 3.95. The van der Waals surface area contributed by atoms with Gasteiger partial charge in [0.15, 0.2) is 0 Å². The molecule has 9 heteroatoms. The largest absolute Gasteiger partial charge is 0.439 e. The van der Waals surface area contributed by atoms with Gasteiger partial charge in [-0.05, 0) is 37.0 Å². The fourth-order valence-electron chi connectivity index (χ4n) is 3.84.